The van der Waals surface area contributed by atoms with E-state index in [0.29, 0.717) is 24.3 Å². The number of carbonyl (C=O) groups is 2. The first-order valence-electron chi connectivity index (χ1n) is 7.50. The fraction of sp³-hybridized carbons (Fsp3) is 0.467. The van der Waals surface area contributed by atoms with E-state index in [-0.39, 0.29) is 17.5 Å². The number of carbonyl (C=O) groups excluding carboxylic acids is 2. The van der Waals surface area contributed by atoms with Gasteiger partial charge in [-0.1, -0.05) is 0 Å². The second kappa shape index (κ2) is 4.51. The molecule has 0 radical (unpaired) electrons. The van der Waals surface area contributed by atoms with Crippen LogP contribution in [-0.2, 0) is 19.9 Å². The Bertz CT molecular complexity index is 743. The molecule has 0 saturated carbocycles. The van der Waals surface area contributed by atoms with Gasteiger partial charge in [-0.05, 0) is 18.9 Å². The normalized spacial score (nSPS) is 28.4. The van der Waals surface area contributed by atoms with E-state index in [2.05, 4.69) is 0 Å². The van der Waals surface area contributed by atoms with Crippen molar-refractivity contribution in [2.24, 2.45) is 0 Å². The molecule has 1 aromatic carbocycles. The fourth-order valence-electron chi connectivity index (χ4n) is 3.55. The zero-order chi connectivity index (χ0) is 16.4. The van der Waals surface area contributed by atoms with Gasteiger partial charge < -0.3 is 14.5 Å². The van der Waals surface area contributed by atoms with E-state index < -0.39 is 16.6 Å². The molecule has 0 N–H and O–H groups in total. The summed E-state index contributed by atoms with van der Waals surface area (Å²) in [4.78, 5) is 38.8. The van der Waals surface area contributed by atoms with E-state index in [9.17, 15) is 19.7 Å². The van der Waals surface area contributed by atoms with Crippen molar-refractivity contribution < 1.29 is 19.2 Å². The Hall–Kier alpha value is -2.48. The third-order valence-electron chi connectivity index (χ3n) is 4.83. The Balaban J connectivity index is 1.73. The van der Waals surface area contributed by atoms with Gasteiger partial charge in [0.1, 0.15) is 0 Å². The molecule has 3 aliphatic heterocycles. The lowest BCUT2D eigenvalue weighted by molar-refractivity contribution is -0.384. The van der Waals surface area contributed by atoms with Crippen molar-refractivity contribution in [1.29, 1.82) is 0 Å². The van der Waals surface area contributed by atoms with Gasteiger partial charge in [0, 0.05) is 37.8 Å². The Morgan fingerprint density at radius 3 is 2.74 bits per heavy atom. The van der Waals surface area contributed by atoms with Gasteiger partial charge in [0.15, 0.2) is 6.10 Å². The molecule has 2 fully saturated rings. The lowest BCUT2D eigenvalue weighted by Gasteiger charge is -2.14. The van der Waals surface area contributed by atoms with Crippen LogP contribution < -0.4 is 4.90 Å². The molecule has 0 aromatic heterocycles. The summed E-state index contributed by atoms with van der Waals surface area (Å²) in [6, 6.07) is 4.22. The number of fused-ring (bicyclic) bond motifs is 2. The minimum Gasteiger partial charge on any atom is -0.340 e. The van der Waals surface area contributed by atoms with Crippen LogP contribution in [0.3, 0.4) is 0 Å². The van der Waals surface area contributed by atoms with E-state index in [0.717, 1.165) is 12.8 Å². The minimum absolute atomic E-state index is 0.117. The molecule has 3 heterocycles. The smallest absolute Gasteiger partial charge is 0.269 e. The Labute approximate surface area is 131 Å². The maximum atomic E-state index is 12.6. The highest BCUT2D eigenvalue weighted by molar-refractivity contribution is 6.12. The molecule has 1 aromatic rings. The molecule has 23 heavy (non-hydrogen) atoms. The molecule has 3 aliphatic rings. The number of epoxide rings is 1. The number of ether oxygens (including phenoxy) is 1. The van der Waals surface area contributed by atoms with Gasteiger partial charge in [0.2, 0.25) is 5.60 Å². The van der Waals surface area contributed by atoms with Crippen LogP contribution in [-0.4, -0.2) is 47.9 Å². The zero-order valence-corrected chi connectivity index (χ0v) is 12.5. The summed E-state index contributed by atoms with van der Waals surface area (Å²) in [5, 5.41) is 11.0. The van der Waals surface area contributed by atoms with Crippen molar-refractivity contribution in [3.05, 3.63) is 33.9 Å². The van der Waals surface area contributed by atoms with E-state index >= 15 is 0 Å². The zero-order valence-electron chi connectivity index (χ0n) is 12.5. The van der Waals surface area contributed by atoms with Gasteiger partial charge in [-0.2, -0.15) is 0 Å². The quantitative estimate of drug-likeness (QED) is 0.456. The second-order valence-corrected chi connectivity index (χ2v) is 6.09. The lowest BCUT2D eigenvalue weighted by atomic mass is 9.95. The van der Waals surface area contributed by atoms with Crippen LogP contribution in [0.4, 0.5) is 11.4 Å². The highest BCUT2D eigenvalue weighted by Gasteiger charge is 2.72. The first-order valence-corrected chi connectivity index (χ1v) is 7.50. The first-order chi connectivity index (χ1) is 11.0. The summed E-state index contributed by atoms with van der Waals surface area (Å²) in [6.45, 7) is 1.33. The summed E-state index contributed by atoms with van der Waals surface area (Å²) >= 11 is 0. The third-order valence-corrected chi connectivity index (χ3v) is 4.83. The average molecular weight is 317 g/mol. The standard InChI is InChI=1S/C15H15N3O5/c1-16-11-5-4-9(18(21)22)8-10(11)15(14(16)20)12(23-15)13(19)17-6-2-3-7-17/h4-5,8,12H,2-3,6-7H2,1H3/t12-,15+/m0/s1. The first kappa shape index (κ1) is 14.1. The van der Waals surface area contributed by atoms with Crippen molar-refractivity contribution in [1.82, 2.24) is 4.90 Å². The van der Waals surface area contributed by atoms with Crippen molar-refractivity contribution in [3.63, 3.8) is 0 Å². The molecule has 8 heteroatoms. The van der Waals surface area contributed by atoms with Crippen LogP contribution in [0.2, 0.25) is 0 Å². The molecule has 0 aliphatic carbocycles. The van der Waals surface area contributed by atoms with Gasteiger partial charge in [0.05, 0.1) is 10.6 Å². The van der Waals surface area contributed by atoms with Gasteiger partial charge in [-0.3, -0.25) is 19.7 Å². The van der Waals surface area contributed by atoms with Gasteiger partial charge in [-0.15, -0.1) is 0 Å². The van der Waals surface area contributed by atoms with Crippen LogP contribution in [0.25, 0.3) is 0 Å². The number of likely N-dealkylation sites (N-methyl/N-ethyl adjacent to an activating group) is 1. The third kappa shape index (κ3) is 1.75. The minimum atomic E-state index is -1.38. The summed E-state index contributed by atoms with van der Waals surface area (Å²) in [6.07, 6.45) is 1.02. The van der Waals surface area contributed by atoms with E-state index in [1.54, 1.807) is 11.9 Å². The number of hydrogen-bond acceptors (Lipinski definition) is 5. The summed E-state index contributed by atoms with van der Waals surface area (Å²) < 4.78 is 5.58. The summed E-state index contributed by atoms with van der Waals surface area (Å²) in [5.41, 5.74) is -0.529. The number of non-ortho nitro benzene ring substituents is 1. The number of nitro benzene ring substituents is 1. The van der Waals surface area contributed by atoms with Crippen LogP contribution in [0, 0.1) is 10.1 Å². The Kier molecular flexibility index (Phi) is 2.77. The molecule has 0 bridgehead atoms. The van der Waals surface area contributed by atoms with Gasteiger partial charge >= 0.3 is 0 Å². The maximum Gasteiger partial charge on any atom is 0.269 e. The molecule has 2 saturated heterocycles. The van der Waals surface area contributed by atoms with Crippen LogP contribution in [0.5, 0.6) is 0 Å². The number of rotatable bonds is 2. The average Bonchev–Trinajstić information content (AvgIpc) is 2.97. The number of nitro groups is 1. The number of benzene rings is 1. The van der Waals surface area contributed by atoms with Crippen LogP contribution in [0.15, 0.2) is 18.2 Å². The summed E-state index contributed by atoms with van der Waals surface area (Å²) in [7, 11) is 1.58. The maximum absolute atomic E-state index is 12.6. The number of anilines is 1. The fourth-order valence-corrected chi connectivity index (χ4v) is 3.55. The second-order valence-electron chi connectivity index (χ2n) is 6.09. The molecule has 2 amide bonds. The molecular weight excluding hydrogens is 302 g/mol. The molecular formula is C15H15N3O5. The highest BCUT2D eigenvalue weighted by Crippen LogP contribution is 2.56. The SMILES string of the molecule is CN1C(=O)[C@@]2(O[C@H]2C(=O)N2CCCC2)c2cc([N+](=O)[O-])ccc21. The Morgan fingerprint density at radius 1 is 1.39 bits per heavy atom. The van der Waals surface area contributed by atoms with Crippen molar-refractivity contribution in [2.75, 3.05) is 25.0 Å². The molecule has 4 rings (SSSR count). The molecule has 2 atom stereocenters. The molecule has 1 spiro atoms. The number of nitrogens with zero attached hydrogens (tertiary/aromatic N) is 3. The van der Waals surface area contributed by atoms with Crippen LogP contribution in [0.1, 0.15) is 18.4 Å². The van der Waals surface area contributed by atoms with E-state index in [1.807, 2.05) is 0 Å². The van der Waals surface area contributed by atoms with Gasteiger partial charge in [0.25, 0.3) is 17.5 Å². The van der Waals surface area contributed by atoms with Crippen molar-refractivity contribution in [2.45, 2.75) is 24.5 Å². The predicted molar refractivity (Wildman–Crippen MR) is 78.9 cm³/mol. The topological polar surface area (TPSA) is 96.3 Å². The van der Waals surface area contributed by atoms with Crippen LogP contribution >= 0.6 is 0 Å². The number of likely N-dealkylation sites (tertiary alicyclic amines) is 1. The highest BCUT2D eigenvalue weighted by atomic mass is 16.6. The van der Waals surface area contributed by atoms with Crippen molar-refractivity contribution in [3.8, 4) is 0 Å². The Morgan fingerprint density at radius 2 is 2.09 bits per heavy atom. The van der Waals surface area contributed by atoms with E-state index in [4.69, 9.17) is 4.74 Å². The summed E-state index contributed by atoms with van der Waals surface area (Å²) in [5.74, 6) is -0.547. The lowest BCUT2D eigenvalue weighted by Crippen LogP contribution is -2.38. The van der Waals surface area contributed by atoms with Gasteiger partial charge in [-0.25, -0.2) is 0 Å². The number of hydrogen-bond donors (Lipinski definition) is 0. The monoisotopic (exact) mass is 317 g/mol. The predicted octanol–water partition coefficient (Wildman–Crippen LogP) is 0.788. The number of amides is 2. The molecule has 8 nitrogen and oxygen atoms in total. The van der Waals surface area contributed by atoms with Crippen molar-refractivity contribution >= 4 is 23.2 Å². The molecule has 0 unspecified atom stereocenters. The largest absolute Gasteiger partial charge is 0.340 e. The van der Waals surface area contributed by atoms with E-state index in [1.165, 1.54) is 23.1 Å². The molecule has 120 valence electrons.